The molecule has 3 aromatic rings. The van der Waals surface area contributed by atoms with Crippen LogP contribution in [0.1, 0.15) is 21.9 Å². The van der Waals surface area contributed by atoms with Gasteiger partial charge in [-0.15, -0.1) is 0 Å². The summed E-state index contributed by atoms with van der Waals surface area (Å²) in [5.41, 5.74) is 1.78. The lowest BCUT2D eigenvalue weighted by Crippen LogP contribution is -2.16. The Bertz CT molecular complexity index is 932. The number of benzene rings is 2. The van der Waals surface area contributed by atoms with Crippen LogP contribution in [0.5, 0.6) is 0 Å². The molecule has 0 saturated heterocycles. The standard InChI is InChI=1S/C19H16Cl2N4O/c1-12-23-17(19(26)25-16-9-14(20)7-8-15(16)21)10-18(24-12)22-11-13-5-3-2-4-6-13/h2-10H,11H2,1H3,(H,25,26)(H,22,23,24). The monoisotopic (exact) mass is 386 g/mol. The molecule has 0 fully saturated rings. The molecule has 132 valence electrons. The Morgan fingerprint density at radius 2 is 1.81 bits per heavy atom. The molecule has 0 saturated carbocycles. The van der Waals surface area contributed by atoms with Crippen LogP contribution >= 0.6 is 23.2 Å². The predicted octanol–water partition coefficient (Wildman–Crippen LogP) is 4.96. The molecule has 26 heavy (non-hydrogen) atoms. The van der Waals surface area contributed by atoms with E-state index in [1.807, 2.05) is 30.3 Å². The zero-order chi connectivity index (χ0) is 18.5. The van der Waals surface area contributed by atoms with Crippen LogP contribution in [0.15, 0.2) is 54.6 Å². The second-order valence-corrected chi connectivity index (χ2v) is 6.45. The first-order valence-electron chi connectivity index (χ1n) is 7.91. The molecule has 2 aromatic carbocycles. The predicted molar refractivity (Wildman–Crippen MR) is 105 cm³/mol. The van der Waals surface area contributed by atoms with Gasteiger partial charge in [-0.2, -0.15) is 0 Å². The van der Waals surface area contributed by atoms with Crippen molar-refractivity contribution in [3.05, 3.63) is 81.7 Å². The van der Waals surface area contributed by atoms with Gasteiger partial charge in [0, 0.05) is 17.6 Å². The van der Waals surface area contributed by atoms with Gasteiger partial charge < -0.3 is 10.6 Å². The van der Waals surface area contributed by atoms with Crippen molar-refractivity contribution in [1.82, 2.24) is 9.97 Å². The quantitative estimate of drug-likeness (QED) is 0.650. The third-order valence-electron chi connectivity index (χ3n) is 3.56. The number of aromatic nitrogens is 2. The number of nitrogens with zero attached hydrogens (tertiary/aromatic N) is 2. The van der Waals surface area contributed by atoms with Gasteiger partial charge in [0.25, 0.3) is 5.91 Å². The first-order chi connectivity index (χ1) is 12.5. The average molecular weight is 387 g/mol. The molecule has 2 N–H and O–H groups in total. The van der Waals surface area contributed by atoms with Crippen LogP contribution in [0.4, 0.5) is 11.5 Å². The average Bonchev–Trinajstić information content (AvgIpc) is 2.63. The molecule has 0 aliphatic heterocycles. The van der Waals surface area contributed by atoms with Gasteiger partial charge in [0.15, 0.2) is 0 Å². The Balaban J connectivity index is 1.76. The Hall–Kier alpha value is -2.63. The van der Waals surface area contributed by atoms with Crippen LogP contribution in [0.3, 0.4) is 0 Å². The topological polar surface area (TPSA) is 66.9 Å². The Labute approximate surface area is 161 Å². The Morgan fingerprint density at radius 1 is 1.04 bits per heavy atom. The van der Waals surface area contributed by atoms with Crippen LogP contribution in [-0.4, -0.2) is 15.9 Å². The van der Waals surface area contributed by atoms with Crippen molar-refractivity contribution >= 4 is 40.6 Å². The van der Waals surface area contributed by atoms with Crippen LogP contribution in [0.2, 0.25) is 10.0 Å². The summed E-state index contributed by atoms with van der Waals surface area (Å²) < 4.78 is 0. The third kappa shape index (κ3) is 4.71. The van der Waals surface area contributed by atoms with Crippen LogP contribution in [-0.2, 0) is 6.54 Å². The summed E-state index contributed by atoms with van der Waals surface area (Å²) >= 11 is 12.0. The fourth-order valence-electron chi connectivity index (χ4n) is 2.34. The first-order valence-corrected chi connectivity index (χ1v) is 8.67. The minimum absolute atomic E-state index is 0.240. The van der Waals surface area contributed by atoms with Gasteiger partial charge in [-0.05, 0) is 30.7 Å². The van der Waals surface area contributed by atoms with Gasteiger partial charge in [-0.1, -0.05) is 53.5 Å². The Morgan fingerprint density at radius 3 is 2.58 bits per heavy atom. The van der Waals surface area contributed by atoms with Gasteiger partial charge >= 0.3 is 0 Å². The summed E-state index contributed by atoms with van der Waals surface area (Å²) in [4.78, 5) is 21.0. The highest BCUT2D eigenvalue weighted by atomic mass is 35.5. The van der Waals surface area contributed by atoms with Crippen LogP contribution in [0.25, 0.3) is 0 Å². The maximum atomic E-state index is 12.5. The number of amides is 1. The molecule has 0 atom stereocenters. The summed E-state index contributed by atoms with van der Waals surface area (Å²) in [6, 6.07) is 16.4. The molecule has 0 bridgehead atoms. The Kier molecular flexibility index (Phi) is 5.71. The number of hydrogen-bond acceptors (Lipinski definition) is 4. The highest BCUT2D eigenvalue weighted by Crippen LogP contribution is 2.26. The van der Waals surface area contributed by atoms with E-state index in [1.165, 1.54) is 0 Å². The molecule has 1 amide bonds. The number of nitrogens with one attached hydrogen (secondary N) is 2. The molecule has 0 spiro atoms. The summed E-state index contributed by atoms with van der Waals surface area (Å²) in [5.74, 6) is 0.677. The highest BCUT2D eigenvalue weighted by Gasteiger charge is 2.13. The van der Waals surface area contributed by atoms with E-state index >= 15 is 0 Å². The van der Waals surface area contributed by atoms with Crippen LogP contribution < -0.4 is 10.6 Å². The van der Waals surface area contributed by atoms with Gasteiger partial charge in [0.2, 0.25) is 0 Å². The van der Waals surface area contributed by atoms with Crippen molar-refractivity contribution in [1.29, 1.82) is 0 Å². The molecule has 7 heteroatoms. The van der Waals surface area contributed by atoms with E-state index in [-0.39, 0.29) is 11.6 Å². The highest BCUT2D eigenvalue weighted by molar-refractivity contribution is 6.35. The molecule has 1 heterocycles. The van der Waals surface area contributed by atoms with Gasteiger partial charge in [-0.3, -0.25) is 4.79 Å². The molecule has 0 aliphatic rings. The normalized spacial score (nSPS) is 10.4. The van der Waals surface area contributed by atoms with Gasteiger partial charge in [0.1, 0.15) is 17.3 Å². The zero-order valence-electron chi connectivity index (χ0n) is 14.0. The molecule has 1 aromatic heterocycles. The smallest absolute Gasteiger partial charge is 0.274 e. The van der Waals surface area contributed by atoms with Gasteiger partial charge in [0.05, 0.1) is 10.7 Å². The minimum Gasteiger partial charge on any atom is -0.366 e. The van der Waals surface area contributed by atoms with Crippen molar-refractivity contribution in [2.24, 2.45) is 0 Å². The van der Waals surface area contributed by atoms with E-state index in [1.54, 1.807) is 31.2 Å². The lowest BCUT2D eigenvalue weighted by atomic mass is 10.2. The summed E-state index contributed by atoms with van der Waals surface area (Å²) in [6.07, 6.45) is 0. The van der Waals surface area contributed by atoms with Crippen molar-refractivity contribution in [2.45, 2.75) is 13.5 Å². The largest absolute Gasteiger partial charge is 0.366 e. The molecular weight excluding hydrogens is 371 g/mol. The number of carbonyl (C=O) groups is 1. The SMILES string of the molecule is Cc1nc(NCc2ccccc2)cc(C(=O)Nc2cc(Cl)ccc2Cl)n1. The number of rotatable bonds is 5. The fraction of sp³-hybridized carbons (Fsp3) is 0.105. The first kappa shape index (κ1) is 18.2. The molecule has 0 radical (unpaired) electrons. The van der Waals surface area contributed by atoms with Gasteiger partial charge in [-0.25, -0.2) is 9.97 Å². The number of anilines is 2. The zero-order valence-corrected chi connectivity index (χ0v) is 15.5. The number of hydrogen-bond donors (Lipinski definition) is 2. The van der Waals surface area contributed by atoms with E-state index in [2.05, 4.69) is 20.6 Å². The summed E-state index contributed by atoms with van der Waals surface area (Å²) in [5, 5.41) is 6.80. The lowest BCUT2D eigenvalue weighted by molar-refractivity contribution is 0.102. The van der Waals surface area contributed by atoms with Crippen molar-refractivity contribution in [2.75, 3.05) is 10.6 Å². The maximum absolute atomic E-state index is 12.5. The molecule has 3 rings (SSSR count). The number of carbonyl (C=O) groups excluding carboxylic acids is 1. The molecular formula is C19H16Cl2N4O. The number of halogens is 2. The molecule has 5 nitrogen and oxygen atoms in total. The van der Waals surface area contributed by atoms with E-state index < -0.39 is 0 Å². The summed E-state index contributed by atoms with van der Waals surface area (Å²) in [7, 11) is 0. The second-order valence-electron chi connectivity index (χ2n) is 5.60. The maximum Gasteiger partial charge on any atom is 0.274 e. The lowest BCUT2D eigenvalue weighted by Gasteiger charge is -2.10. The van der Waals surface area contributed by atoms with E-state index in [9.17, 15) is 4.79 Å². The third-order valence-corrected chi connectivity index (χ3v) is 4.13. The van der Waals surface area contributed by atoms with Crippen molar-refractivity contribution in [3.8, 4) is 0 Å². The minimum atomic E-state index is -0.387. The summed E-state index contributed by atoms with van der Waals surface area (Å²) in [6.45, 7) is 2.33. The molecule has 0 aliphatic carbocycles. The van der Waals surface area contributed by atoms with Crippen molar-refractivity contribution in [3.63, 3.8) is 0 Å². The van der Waals surface area contributed by atoms with E-state index in [0.717, 1.165) is 5.56 Å². The van der Waals surface area contributed by atoms with E-state index in [0.29, 0.717) is 33.9 Å². The molecule has 0 unspecified atom stereocenters. The number of aryl methyl sites for hydroxylation is 1. The van der Waals surface area contributed by atoms with Crippen molar-refractivity contribution < 1.29 is 4.79 Å². The van der Waals surface area contributed by atoms with E-state index in [4.69, 9.17) is 23.2 Å². The van der Waals surface area contributed by atoms with Crippen LogP contribution in [0, 0.1) is 6.92 Å². The second kappa shape index (κ2) is 8.17. The fourth-order valence-corrected chi connectivity index (χ4v) is 2.68.